The second-order valence-electron chi connectivity index (χ2n) is 13.4. The van der Waals surface area contributed by atoms with Crippen LogP contribution < -0.4 is 0 Å². The molecule has 0 radical (unpaired) electrons. The van der Waals surface area contributed by atoms with Gasteiger partial charge in [-0.2, -0.15) is 0 Å². The van der Waals surface area contributed by atoms with E-state index in [-0.39, 0.29) is 0 Å². The van der Waals surface area contributed by atoms with Crippen molar-refractivity contribution in [2.45, 2.75) is 13.8 Å². The minimum atomic E-state index is 1.22. The summed E-state index contributed by atoms with van der Waals surface area (Å²) in [5, 5.41) is 7.64. The van der Waals surface area contributed by atoms with E-state index in [1.54, 1.807) is 0 Å². The van der Waals surface area contributed by atoms with Crippen LogP contribution in [-0.2, 0) is 0 Å². The molecule has 236 valence electrons. The van der Waals surface area contributed by atoms with Crippen molar-refractivity contribution in [2.75, 3.05) is 0 Å². The highest BCUT2D eigenvalue weighted by Crippen LogP contribution is 2.46. The van der Waals surface area contributed by atoms with Gasteiger partial charge in [0.05, 0.1) is 0 Å². The highest BCUT2D eigenvalue weighted by Gasteiger charge is 2.19. The number of hydrogen-bond acceptors (Lipinski definition) is 0. The van der Waals surface area contributed by atoms with Crippen LogP contribution in [0.15, 0.2) is 182 Å². The number of rotatable bonds is 5. The van der Waals surface area contributed by atoms with E-state index in [4.69, 9.17) is 0 Å². The van der Waals surface area contributed by atoms with Gasteiger partial charge in [-0.25, -0.2) is 0 Å². The molecule has 0 fully saturated rings. The molecule has 0 saturated heterocycles. The molecule has 50 heavy (non-hydrogen) atoms. The van der Waals surface area contributed by atoms with Crippen LogP contribution in [0.25, 0.3) is 88.0 Å². The molecule has 0 atom stereocenters. The zero-order valence-corrected chi connectivity index (χ0v) is 28.3. The summed E-state index contributed by atoms with van der Waals surface area (Å²) >= 11 is 0. The third kappa shape index (κ3) is 5.18. The largest absolute Gasteiger partial charge is 0.0622 e. The lowest BCUT2D eigenvalue weighted by Gasteiger charge is -2.20. The van der Waals surface area contributed by atoms with E-state index in [0.717, 1.165) is 0 Å². The van der Waals surface area contributed by atoms with Gasteiger partial charge in [0.2, 0.25) is 0 Å². The first-order valence-corrected chi connectivity index (χ1v) is 17.4. The zero-order valence-electron chi connectivity index (χ0n) is 28.3. The van der Waals surface area contributed by atoms with E-state index in [1.165, 1.54) is 99.1 Å². The summed E-state index contributed by atoms with van der Waals surface area (Å²) in [4.78, 5) is 0. The molecule has 9 aromatic rings. The van der Waals surface area contributed by atoms with Crippen LogP contribution in [0.5, 0.6) is 0 Å². The van der Waals surface area contributed by atoms with E-state index < -0.39 is 0 Å². The van der Waals surface area contributed by atoms with Crippen LogP contribution in [0.1, 0.15) is 11.1 Å². The third-order valence-corrected chi connectivity index (χ3v) is 10.3. The monoisotopic (exact) mass is 636 g/mol. The average molecular weight is 637 g/mol. The van der Waals surface area contributed by atoms with Crippen molar-refractivity contribution in [3.63, 3.8) is 0 Å². The maximum Gasteiger partial charge on any atom is -0.00236 e. The Labute approximate surface area is 293 Å². The molecule has 0 aliphatic carbocycles. The third-order valence-electron chi connectivity index (χ3n) is 10.3. The van der Waals surface area contributed by atoms with Crippen molar-refractivity contribution in [1.82, 2.24) is 0 Å². The molecule has 0 bridgehead atoms. The van der Waals surface area contributed by atoms with Gasteiger partial charge in [-0.15, -0.1) is 0 Å². The van der Waals surface area contributed by atoms with Gasteiger partial charge in [-0.05, 0) is 137 Å². The van der Waals surface area contributed by atoms with Gasteiger partial charge in [-0.3, -0.25) is 0 Å². The number of hydrogen-bond donors (Lipinski definition) is 0. The molecular weight excluding hydrogens is 601 g/mol. The molecule has 0 saturated carbocycles. The van der Waals surface area contributed by atoms with Crippen LogP contribution in [0, 0.1) is 13.8 Å². The summed E-state index contributed by atoms with van der Waals surface area (Å²) in [6.45, 7) is 4.54. The fourth-order valence-corrected chi connectivity index (χ4v) is 7.85. The van der Waals surface area contributed by atoms with Crippen molar-refractivity contribution in [2.24, 2.45) is 0 Å². The SMILES string of the molecule is Cc1cc(-c2c3ccccc3c(-c3ccc4ccccc4c3)c3ccccc23)c(C)cc1-c1cc(-c2ccccc2)cc(-c2ccccc2)c1. The molecule has 0 aliphatic rings. The second-order valence-corrected chi connectivity index (χ2v) is 13.4. The normalized spacial score (nSPS) is 11.4. The first-order valence-electron chi connectivity index (χ1n) is 17.4. The Balaban J connectivity index is 1.26. The Morgan fingerprint density at radius 3 is 1.28 bits per heavy atom. The molecule has 0 heterocycles. The average Bonchev–Trinajstić information content (AvgIpc) is 3.18. The van der Waals surface area contributed by atoms with Crippen molar-refractivity contribution >= 4 is 32.3 Å². The fourth-order valence-electron chi connectivity index (χ4n) is 7.85. The molecule has 0 heteroatoms. The molecule has 0 unspecified atom stereocenters. The first kappa shape index (κ1) is 29.9. The van der Waals surface area contributed by atoms with Crippen LogP contribution in [-0.4, -0.2) is 0 Å². The zero-order chi connectivity index (χ0) is 33.6. The van der Waals surface area contributed by atoms with Crippen molar-refractivity contribution in [3.05, 3.63) is 193 Å². The standard InChI is InChI=1S/C50H36/c1-33-28-48(34(2)27-47(33)42-31-40(35-15-5-3-6-16-35)30-41(32-42)36-17-7-4-8-18-36)50-45-23-13-11-21-43(45)49(44-22-12-14-24-46(44)50)39-26-25-37-19-9-10-20-38(37)29-39/h3-32H,1-2H3. The molecule has 9 aromatic carbocycles. The molecular formula is C50H36. The molecule has 0 nitrogen and oxygen atoms in total. The maximum atomic E-state index is 2.42. The van der Waals surface area contributed by atoms with Crippen LogP contribution in [0.2, 0.25) is 0 Å². The lowest BCUT2D eigenvalue weighted by atomic mass is 9.83. The van der Waals surface area contributed by atoms with E-state index in [9.17, 15) is 0 Å². The van der Waals surface area contributed by atoms with Crippen molar-refractivity contribution in [3.8, 4) is 55.6 Å². The van der Waals surface area contributed by atoms with E-state index in [2.05, 4.69) is 196 Å². The fraction of sp³-hybridized carbons (Fsp3) is 0.0400. The van der Waals surface area contributed by atoms with Gasteiger partial charge in [0.15, 0.2) is 0 Å². The summed E-state index contributed by atoms with van der Waals surface area (Å²) in [6.07, 6.45) is 0. The summed E-state index contributed by atoms with van der Waals surface area (Å²) in [5.41, 5.74) is 15.1. The first-order chi connectivity index (χ1) is 24.6. The Bertz CT molecular complexity index is 2580. The lowest BCUT2D eigenvalue weighted by Crippen LogP contribution is -1.95. The smallest absolute Gasteiger partial charge is 0.00236 e. The number of fused-ring (bicyclic) bond motifs is 3. The maximum absolute atomic E-state index is 2.42. The molecule has 0 N–H and O–H groups in total. The van der Waals surface area contributed by atoms with Crippen LogP contribution >= 0.6 is 0 Å². The van der Waals surface area contributed by atoms with E-state index in [0.29, 0.717) is 0 Å². The topological polar surface area (TPSA) is 0 Å². The molecule has 0 spiro atoms. The highest BCUT2D eigenvalue weighted by atomic mass is 14.2. The Morgan fingerprint density at radius 2 is 0.700 bits per heavy atom. The minimum Gasteiger partial charge on any atom is -0.0622 e. The Kier molecular flexibility index (Phi) is 7.37. The summed E-state index contributed by atoms with van der Waals surface area (Å²) in [6, 6.07) is 66.8. The van der Waals surface area contributed by atoms with Crippen molar-refractivity contribution in [1.29, 1.82) is 0 Å². The molecule has 0 aromatic heterocycles. The van der Waals surface area contributed by atoms with Gasteiger partial charge in [0, 0.05) is 0 Å². The van der Waals surface area contributed by atoms with Gasteiger partial charge in [0.1, 0.15) is 0 Å². The van der Waals surface area contributed by atoms with Gasteiger partial charge < -0.3 is 0 Å². The molecule has 9 rings (SSSR count). The van der Waals surface area contributed by atoms with Crippen molar-refractivity contribution < 1.29 is 0 Å². The predicted molar refractivity (Wildman–Crippen MR) is 216 cm³/mol. The molecule has 0 amide bonds. The number of aryl methyl sites for hydroxylation is 2. The summed E-state index contributed by atoms with van der Waals surface area (Å²) < 4.78 is 0. The Morgan fingerprint density at radius 1 is 0.260 bits per heavy atom. The second kappa shape index (κ2) is 12.3. The minimum absolute atomic E-state index is 1.22. The van der Waals surface area contributed by atoms with Crippen LogP contribution in [0.4, 0.5) is 0 Å². The highest BCUT2D eigenvalue weighted by molar-refractivity contribution is 6.22. The van der Waals surface area contributed by atoms with Gasteiger partial charge in [0.25, 0.3) is 0 Å². The molecule has 0 aliphatic heterocycles. The lowest BCUT2D eigenvalue weighted by molar-refractivity contribution is 1.39. The summed E-state index contributed by atoms with van der Waals surface area (Å²) in [5.74, 6) is 0. The van der Waals surface area contributed by atoms with E-state index in [1.807, 2.05) is 0 Å². The van der Waals surface area contributed by atoms with E-state index >= 15 is 0 Å². The number of benzene rings is 9. The predicted octanol–water partition coefficient (Wildman–Crippen LogP) is 14.1. The summed E-state index contributed by atoms with van der Waals surface area (Å²) in [7, 11) is 0. The van der Waals surface area contributed by atoms with Gasteiger partial charge >= 0.3 is 0 Å². The Hall–Kier alpha value is -6.24. The van der Waals surface area contributed by atoms with Gasteiger partial charge in [-0.1, -0.05) is 158 Å². The quantitative estimate of drug-likeness (QED) is 0.165. The van der Waals surface area contributed by atoms with Crippen LogP contribution in [0.3, 0.4) is 0 Å².